The van der Waals surface area contributed by atoms with E-state index in [2.05, 4.69) is 5.32 Å². The normalized spacial score (nSPS) is 27.2. The molecule has 2 saturated heterocycles. The lowest BCUT2D eigenvalue weighted by atomic mass is 9.74. The average Bonchev–Trinajstić information content (AvgIpc) is 3.09. The lowest BCUT2D eigenvalue weighted by Gasteiger charge is -2.40. The monoisotopic (exact) mass is 343 g/mol. The molecule has 4 rings (SSSR count). The standard InChI is InChI=1S/C20H25NO4/c1-12-10-13(2)15(14(3)11-12)16-17(22)19(21-18(16)23)4-6-20(7-5-19)24-8-9-25-20/h10-11,16H,4-9H2,1-3H3,(H,21,23). The van der Waals surface area contributed by atoms with Gasteiger partial charge in [-0.1, -0.05) is 17.7 Å². The first-order valence-electron chi connectivity index (χ1n) is 9.08. The zero-order valence-electron chi connectivity index (χ0n) is 15.1. The highest BCUT2D eigenvalue weighted by molar-refractivity contribution is 6.17. The molecule has 2 heterocycles. The van der Waals surface area contributed by atoms with Crippen molar-refractivity contribution < 1.29 is 19.1 Å². The molecule has 2 aliphatic heterocycles. The maximum absolute atomic E-state index is 13.3. The number of nitrogens with one attached hydrogen (secondary N) is 1. The van der Waals surface area contributed by atoms with Gasteiger partial charge in [-0.3, -0.25) is 9.59 Å². The highest BCUT2D eigenvalue weighted by Gasteiger charge is 2.57. The Labute approximate surface area is 148 Å². The van der Waals surface area contributed by atoms with Gasteiger partial charge < -0.3 is 14.8 Å². The van der Waals surface area contributed by atoms with Crippen molar-refractivity contribution in [2.24, 2.45) is 0 Å². The molecule has 1 aromatic carbocycles. The van der Waals surface area contributed by atoms with Gasteiger partial charge in [0.15, 0.2) is 11.6 Å². The summed E-state index contributed by atoms with van der Waals surface area (Å²) in [7, 11) is 0. The first kappa shape index (κ1) is 16.7. The first-order valence-corrected chi connectivity index (χ1v) is 9.08. The summed E-state index contributed by atoms with van der Waals surface area (Å²) in [6.45, 7) is 7.22. The van der Waals surface area contributed by atoms with Gasteiger partial charge in [0.1, 0.15) is 11.5 Å². The fourth-order valence-electron chi connectivity index (χ4n) is 4.89. The van der Waals surface area contributed by atoms with Crippen molar-refractivity contribution in [3.8, 4) is 0 Å². The van der Waals surface area contributed by atoms with E-state index in [9.17, 15) is 9.59 Å². The summed E-state index contributed by atoms with van der Waals surface area (Å²) in [5.74, 6) is -1.38. The third-order valence-electron chi connectivity index (χ3n) is 6.06. The second-order valence-corrected chi connectivity index (χ2v) is 7.79. The molecule has 2 spiro atoms. The molecule has 1 aromatic rings. The Morgan fingerprint density at radius 3 is 2.08 bits per heavy atom. The molecule has 134 valence electrons. The smallest absolute Gasteiger partial charge is 0.235 e. The van der Waals surface area contributed by atoms with E-state index in [0.29, 0.717) is 38.9 Å². The van der Waals surface area contributed by atoms with Crippen LogP contribution in [-0.4, -0.2) is 36.2 Å². The number of Topliss-reactive ketones (excluding diaryl/α,β-unsaturated/α-hetero) is 1. The zero-order chi connectivity index (χ0) is 17.8. The summed E-state index contributed by atoms with van der Waals surface area (Å²) in [4.78, 5) is 26.1. The molecule has 1 atom stereocenters. The van der Waals surface area contributed by atoms with E-state index in [4.69, 9.17) is 9.47 Å². The third-order valence-corrected chi connectivity index (χ3v) is 6.06. The molecule has 1 N–H and O–H groups in total. The second kappa shape index (κ2) is 5.64. The number of rotatable bonds is 1. The molecule has 3 fully saturated rings. The minimum atomic E-state index is -0.758. The largest absolute Gasteiger partial charge is 0.348 e. The van der Waals surface area contributed by atoms with E-state index in [-0.39, 0.29) is 11.7 Å². The second-order valence-electron chi connectivity index (χ2n) is 7.79. The van der Waals surface area contributed by atoms with Crippen molar-refractivity contribution >= 4 is 11.7 Å². The van der Waals surface area contributed by atoms with Crippen LogP contribution in [0.1, 0.15) is 53.9 Å². The van der Waals surface area contributed by atoms with Crippen molar-refractivity contribution in [3.63, 3.8) is 0 Å². The number of carbonyl (C=O) groups excluding carboxylic acids is 2. The first-order chi connectivity index (χ1) is 11.9. The van der Waals surface area contributed by atoms with Crippen LogP contribution in [0.3, 0.4) is 0 Å². The summed E-state index contributed by atoms with van der Waals surface area (Å²) < 4.78 is 11.5. The van der Waals surface area contributed by atoms with Gasteiger partial charge in [0.05, 0.1) is 13.2 Å². The molecule has 3 aliphatic rings. The molecule has 5 heteroatoms. The van der Waals surface area contributed by atoms with Crippen molar-refractivity contribution in [2.45, 2.75) is 63.7 Å². The summed E-state index contributed by atoms with van der Waals surface area (Å²) in [5, 5.41) is 3.04. The Hall–Kier alpha value is -1.72. The predicted molar refractivity (Wildman–Crippen MR) is 92.4 cm³/mol. The summed E-state index contributed by atoms with van der Waals surface area (Å²) in [6.07, 6.45) is 2.46. The van der Waals surface area contributed by atoms with Crippen molar-refractivity contribution in [2.75, 3.05) is 13.2 Å². The van der Waals surface area contributed by atoms with Crippen LogP contribution < -0.4 is 5.32 Å². The molecular weight excluding hydrogens is 318 g/mol. The number of ether oxygens (including phenoxy) is 2. The zero-order valence-corrected chi connectivity index (χ0v) is 15.1. The van der Waals surface area contributed by atoms with Gasteiger partial charge in [-0.05, 0) is 50.3 Å². The number of carbonyl (C=O) groups is 2. The van der Waals surface area contributed by atoms with Crippen molar-refractivity contribution in [3.05, 3.63) is 34.4 Å². The van der Waals surface area contributed by atoms with Gasteiger partial charge in [-0.15, -0.1) is 0 Å². The number of hydrogen-bond donors (Lipinski definition) is 1. The van der Waals surface area contributed by atoms with Gasteiger partial charge in [-0.25, -0.2) is 0 Å². The van der Waals surface area contributed by atoms with Crippen LogP contribution in [0.4, 0.5) is 0 Å². The van der Waals surface area contributed by atoms with Gasteiger partial charge in [0, 0.05) is 12.8 Å². The van der Waals surface area contributed by atoms with Crippen LogP contribution in [0, 0.1) is 20.8 Å². The van der Waals surface area contributed by atoms with Gasteiger partial charge in [0.25, 0.3) is 0 Å². The number of aryl methyl sites for hydroxylation is 3. The van der Waals surface area contributed by atoms with Gasteiger partial charge >= 0.3 is 0 Å². The van der Waals surface area contributed by atoms with E-state index in [1.165, 1.54) is 0 Å². The fourth-order valence-corrected chi connectivity index (χ4v) is 4.89. The lowest BCUT2D eigenvalue weighted by molar-refractivity contribution is -0.186. The maximum Gasteiger partial charge on any atom is 0.235 e. The van der Waals surface area contributed by atoms with Crippen molar-refractivity contribution in [1.29, 1.82) is 0 Å². The molecular formula is C20H25NO4. The number of ketones is 1. The minimum absolute atomic E-state index is 0.0143. The van der Waals surface area contributed by atoms with E-state index in [1.807, 2.05) is 32.9 Å². The fraction of sp³-hybridized carbons (Fsp3) is 0.600. The summed E-state index contributed by atoms with van der Waals surface area (Å²) >= 11 is 0. The summed E-state index contributed by atoms with van der Waals surface area (Å²) in [5.41, 5.74) is 3.29. The van der Waals surface area contributed by atoms with E-state index < -0.39 is 17.2 Å². The summed E-state index contributed by atoms with van der Waals surface area (Å²) in [6, 6.07) is 4.09. The maximum atomic E-state index is 13.3. The van der Waals surface area contributed by atoms with Gasteiger partial charge in [-0.2, -0.15) is 0 Å². The van der Waals surface area contributed by atoms with Crippen LogP contribution in [0.5, 0.6) is 0 Å². The molecule has 1 aliphatic carbocycles. The molecule has 0 radical (unpaired) electrons. The molecule has 25 heavy (non-hydrogen) atoms. The average molecular weight is 343 g/mol. The van der Waals surface area contributed by atoms with Gasteiger partial charge in [0.2, 0.25) is 5.91 Å². The quantitative estimate of drug-likeness (QED) is 0.796. The third kappa shape index (κ3) is 2.52. The van der Waals surface area contributed by atoms with E-state index >= 15 is 0 Å². The van der Waals surface area contributed by atoms with Crippen LogP contribution in [0.15, 0.2) is 12.1 Å². The Kier molecular flexibility index (Phi) is 3.78. The minimum Gasteiger partial charge on any atom is -0.348 e. The number of benzene rings is 1. The Morgan fingerprint density at radius 2 is 1.52 bits per heavy atom. The highest BCUT2D eigenvalue weighted by atomic mass is 16.7. The Bertz CT molecular complexity index is 715. The topological polar surface area (TPSA) is 64.6 Å². The van der Waals surface area contributed by atoms with Crippen LogP contribution in [0.25, 0.3) is 0 Å². The molecule has 0 bridgehead atoms. The number of hydrogen-bond acceptors (Lipinski definition) is 4. The molecule has 1 amide bonds. The van der Waals surface area contributed by atoms with E-state index in [1.54, 1.807) is 0 Å². The van der Waals surface area contributed by atoms with Crippen LogP contribution >= 0.6 is 0 Å². The lowest BCUT2D eigenvalue weighted by Crippen LogP contribution is -2.53. The Balaban J connectivity index is 1.63. The Morgan fingerprint density at radius 1 is 0.960 bits per heavy atom. The van der Waals surface area contributed by atoms with Crippen LogP contribution in [0.2, 0.25) is 0 Å². The van der Waals surface area contributed by atoms with Crippen molar-refractivity contribution in [1.82, 2.24) is 5.32 Å². The number of amides is 1. The molecule has 5 nitrogen and oxygen atoms in total. The predicted octanol–water partition coefficient (Wildman–Crippen LogP) is 2.45. The molecule has 1 saturated carbocycles. The highest BCUT2D eigenvalue weighted by Crippen LogP contribution is 2.45. The molecule has 0 aromatic heterocycles. The van der Waals surface area contributed by atoms with Crippen LogP contribution in [-0.2, 0) is 19.1 Å². The van der Waals surface area contributed by atoms with E-state index in [0.717, 1.165) is 22.3 Å². The molecule has 1 unspecified atom stereocenters. The SMILES string of the molecule is Cc1cc(C)c(C2C(=O)NC3(CCC4(CC3)OCCO4)C2=O)c(C)c1.